The number of nitrogens with zero attached hydrogens (tertiary/aromatic N) is 1. The van der Waals surface area contributed by atoms with Crippen LogP contribution in [0, 0.1) is 0 Å². The van der Waals surface area contributed by atoms with Gasteiger partial charge in [-0.2, -0.15) is 4.31 Å². The van der Waals surface area contributed by atoms with Gasteiger partial charge in [-0.3, -0.25) is 4.79 Å². The van der Waals surface area contributed by atoms with Gasteiger partial charge in [0.05, 0.1) is 30.3 Å². The number of benzene rings is 2. The van der Waals surface area contributed by atoms with E-state index in [0.717, 1.165) is 0 Å². The van der Waals surface area contributed by atoms with E-state index in [1.165, 1.54) is 28.6 Å². The van der Waals surface area contributed by atoms with Crippen LogP contribution in [0.3, 0.4) is 0 Å². The van der Waals surface area contributed by atoms with Crippen LogP contribution in [-0.4, -0.2) is 64.0 Å². The Morgan fingerprint density at radius 1 is 0.967 bits per heavy atom. The smallest absolute Gasteiger partial charge is 0.338 e. The Kier molecular flexibility index (Phi) is 7.20. The summed E-state index contributed by atoms with van der Waals surface area (Å²) >= 11 is 0. The molecule has 0 unspecified atom stereocenters. The lowest BCUT2D eigenvalue weighted by Gasteiger charge is -2.26. The molecule has 0 bridgehead atoms. The molecule has 2 aromatic carbocycles. The first kappa shape index (κ1) is 21.9. The van der Waals surface area contributed by atoms with Gasteiger partial charge in [-0.25, -0.2) is 13.2 Å². The van der Waals surface area contributed by atoms with E-state index in [4.69, 9.17) is 14.2 Å². The van der Waals surface area contributed by atoms with Gasteiger partial charge in [0.2, 0.25) is 10.0 Å². The summed E-state index contributed by atoms with van der Waals surface area (Å²) in [6.07, 6.45) is 0. The summed E-state index contributed by atoms with van der Waals surface area (Å²) in [7, 11) is -3.64. The van der Waals surface area contributed by atoms with Gasteiger partial charge in [0, 0.05) is 18.7 Å². The number of carbonyl (C=O) groups excluding carboxylic acids is 2. The minimum Gasteiger partial charge on any atom is -0.494 e. The van der Waals surface area contributed by atoms with Gasteiger partial charge in [0.25, 0.3) is 0 Å². The Morgan fingerprint density at radius 3 is 2.17 bits per heavy atom. The van der Waals surface area contributed by atoms with Crippen LogP contribution in [0.5, 0.6) is 5.75 Å². The van der Waals surface area contributed by atoms with E-state index < -0.39 is 22.6 Å². The molecule has 0 spiro atoms. The Labute approximate surface area is 175 Å². The maximum Gasteiger partial charge on any atom is 0.338 e. The number of hydrogen-bond donors (Lipinski definition) is 0. The summed E-state index contributed by atoms with van der Waals surface area (Å²) in [5, 5.41) is 0. The van der Waals surface area contributed by atoms with Crippen molar-refractivity contribution in [2.75, 3.05) is 39.5 Å². The first-order valence-electron chi connectivity index (χ1n) is 9.53. The highest BCUT2D eigenvalue weighted by Crippen LogP contribution is 2.18. The van der Waals surface area contributed by atoms with Gasteiger partial charge in [-0.1, -0.05) is 0 Å². The maximum absolute atomic E-state index is 12.6. The Bertz CT molecular complexity index is 979. The molecule has 0 saturated carbocycles. The summed E-state index contributed by atoms with van der Waals surface area (Å²) in [5.41, 5.74) is 0.564. The van der Waals surface area contributed by atoms with Gasteiger partial charge in [-0.15, -0.1) is 0 Å². The summed E-state index contributed by atoms with van der Waals surface area (Å²) in [4.78, 5) is 24.5. The number of sulfonamides is 1. The number of rotatable bonds is 8. The quantitative estimate of drug-likeness (QED) is 0.465. The van der Waals surface area contributed by atoms with E-state index in [0.29, 0.717) is 44.2 Å². The predicted octanol–water partition coefficient (Wildman–Crippen LogP) is 2.15. The highest BCUT2D eigenvalue weighted by molar-refractivity contribution is 7.89. The lowest BCUT2D eigenvalue weighted by molar-refractivity contribution is 0.0474. The van der Waals surface area contributed by atoms with Crippen LogP contribution in [0.1, 0.15) is 27.6 Å². The maximum atomic E-state index is 12.6. The molecule has 30 heavy (non-hydrogen) atoms. The van der Waals surface area contributed by atoms with Crippen LogP contribution in [0.4, 0.5) is 0 Å². The van der Waals surface area contributed by atoms with E-state index in [1.807, 2.05) is 6.92 Å². The molecule has 3 rings (SSSR count). The second-order valence-corrected chi connectivity index (χ2v) is 8.44. The zero-order valence-corrected chi connectivity index (χ0v) is 17.4. The summed E-state index contributed by atoms with van der Waals surface area (Å²) in [6.45, 7) is 3.26. The normalized spacial score (nSPS) is 14.8. The molecule has 2 aromatic rings. The number of hydrogen-bond acceptors (Lipinski definition) is 7. The molecule has 1 fully saturated rings. The van der Waals surface area contributed by atoms with Crippen LogP contribution >= 0.6 is 0 Å². The van der Waals surface area contributed by atoms with E-state index in [2.05, 4.69) is 0 Å². The van der Waals surface area contributed by atoms with Crippen molar-refractivity contribution in [3.8, 4) is 5.75 Å². The molecule has 9 heteroatoms. The van der Waals surface area contributed by atoms with Crippen molar-refractivity contribution in [1.82, 2.24) is 4.31 Å². The third-order valence-electron chi connectivity index (χ3n) is 4.52. The van der Waals surface area contributed by atoms with E-state index in [-0.39, 0.29) is 16.2 Å². The third-order valence-corrected chi connectivity index (χ3v) is 6.43. The highest BCUT2D eigenvalue weighted by atomic mass is 32.2. The van der Waals surface area contributed by atoms with Crippen molar-refractivity contribution in [3.05, 3.63) is 59.7 Å². The Hall–Kier alpha value is -2.75. The van der Waals surface area contributed by atoms with Gasteiger partial charge in [-0.05, 0) is 55.5 Å². The van der Waals surface area contributed by atoms with Gasteiger partial charge < -0.3 is 14.2 Å². The second-order valence-electron chi connectivity index (χ2n) is 6.50. The topological polar surface area (TPSA) is 99.2 Å². The molecule has 1 saturated heterocycles. The van der Waals surface area contributed by atoms with Crippen LogP contribution in [0.15, 0.2) is 53.4 Å². The fraction of sp³-hybridized carbons (Fsp3) is 0.333. The SMILES string of the molecule is CCOc1ccc(C(=O)COC(=O)c2ccc(S(=O)(=O)N3CCOCC3)cc2)cc1. The molecule has 0 amide bonds. The molecule has 0 N–H and O–H groups in total. The zero-order valence-electron chi connectivity index (χ0n) is 16.6. The Morgan fingerprint density at radius 2 is 1.57 bits per heavy atom. The monoisotopic (exact) mass is 433 g/mol. The lowest BCUT2D eigenvalue weighted by atomic mass is 10.1. The van der Waals surface area contributed by atoms with Crippen LogP contribution in [0.2, 0.25) is 0 Å². The molecule has 1 aliphatic heterocycles. The third kappa shape index (κ3) is 5.24. The minimum absolute atomic E-state index is 0.0893. The highest BCUT2D eigenvalue weighted by Gasteiger charge is 2.26. The van der Waals surface area contributed by atoms with E-state index in [1.54, 1.807) is 24.3 Å². The van der Waals surface area contributed by atoms with Gasteiger partial charge in [0.1, 0.15) is 5.75 Å². The summed E-state index contributed by atoms with van der Waals surface area (Å²) in [5.74, 6) is -0.402. The molecule has 0 aliphatic carbocycles. The Balaban J connectivity index is 1.58. The van der Waals surface area contributed by atoms with Crippen molar-refractivity contribution >= 4 is 21.8 Å². The van der Waals surface area contributed by atoms with Crippen molar-refractivity contribution < 1.29 is 32.2 Å². The van der Waals surface area contributed by atoms with Crippen LogP contribution < -0.4 is 4.74 Å². The predicted molar refractivity (Wildman–Crippen MR) is 108 cm³/mol. The molecule has 0 radical (unpaired) electrons. The molecule has 0 atom stereocenters. The summed E-state index contributed by atoms with van der Waals surface area (Å²) in [6, 6.07) is 12.0. The molecule has 1 heterocycles. The zero-order chi connectivity index (χ0) is 21.6. The second kappa shape index (κ2) is 9.84. The van der Waals surface area contributed by atoms with Crippen LogP contribution in [-0.2, 0) is 19.5 Å². The largest absolute Gasteiger partial charge is 0.494 e. The number of Topliss-reactive ketones (excluding diaryl/α,β-unsaturated/α-hetero) is 1. The van der Waals surface area contributed by atoms with Crippen molar-refractivity contribution in [1.29, 1.82) is 0 Å². The van der Waals surface area contributed by atoms with Crippen molar-refractivity contribution in [2.45, 2.75) is 11.8 Å². The average molecular weight is 433 g/mol. The first-order chi connectivity index (χ1) is 14.4. The average Bonchev–Trinajstić information content (AvgIpc) is 2.78. The standard InChI is InChI=1S/C21H23NO7S/c1-2-28-18-7-3-16(4-8-18)20(23)15-29-21(24)17-5-9-19(10-6-17)30(25,26)22-11-13-27-14-12-22/h3-10H,2,11-15H2,1H3. The first-order valence-corrected chi connectivity index (χ1v) is 11.0. The molecule has 0 aromatic heterocycles. The number of ether oxygens (including phenoxy) is 3. The summed E-state index contributed by atoms with van der Waals surface area (Å²) < 4.78 is 42.1. The van der Waals surface area contributed by atoms with Gasteiger partial charge in [0.15, 0.2) is 12.4 Å². The fourth-order valence-corrected chi connectivity index (χ4v) is 4.31. The van der Waals surface area contributed by atoms with E-state index in [9.17, 15) is 18.0 Å². The molecular weight excluding hydrogens is 410 g/mol. The number of esters is 1. The van der Waals surface area contributed by atoms with Gasteiger partial charge >= 0.3 is 5.97 Å². The number of carbonyl (C=O) groups is 2. The lowest BCUT2D eigenvalue weighted by Crippen LogP contribution is -2.40. The molecular formula is C21H23NO7S. The number of ketones is 1. The molecule has 160 valence electrons. The van der Waals surface area contributed by atoms with Crippen molar-refractivity contribution in [3.63, 3.8) is 0 Å². The fourth-order valence-electron chi connectivity index (χ4n) is 2.90. The van der Waals surface area contributed by atoms with E-state index >= 15 is 0 Å². The van der Waals surface area contributed by atoms with Crippen LogP contribution in [0.25, 0.3) is 0 Å². The molecule has 1 aliphatic rings. The molecule has 8 nitrogen and oxygen atoms in total. The minimum atomic E-state index is -3.64. The van der Waals surface area contributed by atoms with Crippen molar-refractivity contribution in [2.24, 2.45) is 0 Å². The number of morpholine rings is 1.